The Morgan fingerprint density at radius 2 is 1.71 bits per heavy atom. The second kappa shape index (κ2) is 9.06. The number of aliphatic hydroxyl groups excluding tert-OH is 1. The molecule has 2 nitrogen and oxygen atoms in total. The molecule has 0 atom stereocenters. The summed E-state index contributed by atoms with van der Waals surface area (Å²) in [5, 5.41) is 12.6. The van der Waals surface area contributed by atoms with E-state index in [1.54, 1.807) is 0 Å². The Kier molecular flexibility index (Phi) is 7.48. The average Bonchev–Trinajstić information content (AvgIpc) is 2.38. The minimum absolute atomic E-state index is 0.111. The fourth-order valence-corrected chi connectivity index (χ4v) is 1.96. The van der Waals surface area contributed by atoms with Crippen molar-refractivity contribution in [2.45, 2.75) is 52.1 Å². The fourth-order valence-electron chi connectivity index (χ4n) is 1.96. The zero-order valence-corrected chi connectivity index (χ0v) is 10.9. The highest BCUT2D eigenvalue weighted by molar-refractivity contribution is 5.50. The fraction of sp³-hybridized carbons (Fsp3) is 0.600. The Morgan fingerprint density at radius 3 is 2.47 bits per heavy atom. The van der Waals surface area contributed by atoms with Crippen molar-refractivity contribution in [1.82, 2.24) is 0 Å². The van der Waals surface area contributed by atoms with Crippen molar-refractivity contribution in [1.29, 1.82) is 0 Å². The van der Waals surface area contributed by atoms with Gasteiger partial charge in [-0.15, -0.1) is 0 Å². The van der Waals surface area contributed by atoms with Crippen LogP contribution in [0.1, 0.15) is 51.0 Å². The molecule has 0 aliphatic rings. The Bertz CT molecular complexity index is 299. The van der Waals surface area contributed by atoms with Gasteiger partial charge < -0.3 is 10.4 Å². The van der Waals surface area contributed by atoms with Gasteiger partial charge in [0.1, 0.15) is 0 Å². The van der Waals surface area contributed by atoms with E-state index < -0.39 is 0 Å². The largest absolute Gasteiger partial charge is 0.392 e. The summed E-state index contributed by atoms with van der Waals surface area (Å²) in [5.74, 6) is 0. The zero-order valence-electron chi connectivity index (χ0n) is 10.9. The van der Waals surface area contributed by atoms with Gasteiger partial charge in [0.25, 0.3) is 0 Å². The number of unbranched alkanes of at least 4 members (excludes halogenated alkanes) is 5. The minimum Gasteiger partial charge on any atom is -0.392 e. The normalized spacial score (nSPS) is 10.5. The van der Waals surface area contributed by atoms with Crippen molar-refractivity contribution in [3.8, 4) is 0 Å². The Morgan fingerprint density at radius 1 is 1.00 bits per heavy atom. The van der Waals surface area contributed by atoms with Gasteiger partial charge in [0.15, 0.2) is 0 Å². The molecule has 0 heterocycles. The third-order valence-electron chi connectivity index (χ3n) is 3.03. The van der Waals surface area contributed by atoms with Gasteiger partial charge in [-0.2, -0.15) is 0 Å². The number of hydrogen-bond acceptors (Lipinski definition) is 2. The molecule has 17 heavy (non-hydrogen) atoms. The summed E-state index contributed by atoms with van der Waals surface area (Å²) in [7, 11) is 0. The summed E-state index contributed by atoms with van der Waals surface area (Å²) in [6.45, 7) is 3.36. The van der Waals surface area contributed by atoms with Gasteiger partial charge >= 0.3 is 0 Å². The lowest BCUT2D eigenvalue weighted by Crippen LogP contribution is -2.04. The van der Waals surface area contributed by atoms with E-state index in [9.17, 15) is 5.11 Å². The number of anilines is 1. The van der Waals surface area contributed by atoms with Crippen LogP contribution in [-0.4, -0.2) is 11.7 Å². The molecule has 1 aromatic rings. The topological polar surface area (TPSA) is 32.3 Å². The van der Waals surface area contributed by atoms with Crippen LogP contribution < -0.4 is 5.32 Å². The molecule has 2 heteroatoms. The molecule has 2 N–H and O–H groups in total. The number of nitrogens with one attached hydrogen (secondary N) is 1. The molecule has 0 fully saturated rings. The van der Waals surface area contributed by atoms with E-state index in [0.29, 0.717) is 0 Å². The summed E-state index contributed by atoms with van der Waals surface area (Å²) in [6.07, 6.45) is 7.89. The Balaban J connectivity index is 2.13. The number of para-hydroxylation sites is 1. The van der Waals surface area contributed by atoms with E-state index in [0.717, 1.165) is 17.8 Å². The van der Waals surface area contributed by atoms with E-state index in [4.69, 9.17) is 0 Å². The first kappa shape index (κ1) is 14.0. The molecule has 1 aromatic carbocycles. The monoisotopic (exact) mass is 235 g/mol. The second-order valence-electron chi connectivity index (χ2n) is 4.51. The molecule has 0 saturated carbocycles. The molecule has 0 aromatic heterocycles. The van der Waals surface area contributed by atoms with Gasteiger partial charge in [0.2, 0.25) is 0 Å². The number of rotatable bonds is 9. The van der Waals surface area contributed by atoms with E-state index in [1.807, 2.05) is 24.3 Å². The van der Waals surface area contributed by atoms with Crippen LogP contribution in [0.2, 0.25) is 0 Å². The molecular formula is C15H25NO. The molecule has 0 spiro atoms. The van der Waals surface area contributed by atoms with Gasteiger partial charge in [-0.25, -0.2) is 0 Å². The predicted octanol–water partition coefficient (Wildman–Crippen LogP) is 3.95. The van der Waals surface area contributed by atoms with Crippen molar-refractivity contribution >= 4 is 5.69 Å². The van der Waals surface area contributed by atoms with Crippen molar-refractivity contribution < 1.29 is 5.11 Å². The van der Waals surface area contributed by atoms with Crippen LogP contribution in [0.15, 0.2) is 24.3 Å². The van der Waals surface area contributed by atoms with Gasteiger partial charge in [-0.3, -0.25) is 0 Å². The number of aliphatic hydroxyl groups is 1. The maximum absolute atomic E-state index is 9.18. The van der Waals surface area contributed by atoms with Crippen LogP contribution in [-0.2, 0) is 6.61 Å². The van der Waals surface area contributed by atoms with E-state index in [1.165, 1.54) is 38.5 Å². The van der Waals surface area contributed by atoms with E-state index >= 15 is 0 Å². The smallest absolute Gasteiger partial charge is 0.0701 e. The first-order chi connectivity index (χ1) is 8.38. The van der Waals surface area contributed by atoms with E-state index in [2.05, 4.69) is 12.2 Å². The van der Waals surface area contributed by atoms with Gasteiger partial charge in [0.05, 0.1) is 6.61 Å². The highest BCUT2D eigenvalue weighted by atomic mass is 16.3. The van der Waals surface area contributed by atoms with Crippen LogP contribution in [0.5, 0.6) is 0 Å². The van der Waals surface area contributed by atoms with Crippen LogP contribution in [0, 0.1) is 0 Å². The van der Waals surface area contributed by atoms with Crippen LogP contribution >= 0.6 is 0 Å². The van der Waals surface area contributed by atoms with Crippen molar-refractivity contribution in [2.24, 2.45) is 0 Å². The molecule has 0 bridgehead atoms. The molecule has 0 aliphatic carbocycles. The lowest BCUT2D eigenvalue weighted by molar-refractivity contribution is 0.282. The number of benzene rings is 1. The summed E-state index contributed by atoms with van der Waals surface area (Å²) in [5.41, 5.74) is 2.06. The van der Waals surface area contributed by atoms with Crippen molar-refractivity contribution in [3.05, 3.63) is 29.8 Å². The van der Waals surface area contributed by atoms with Crippen LogP contribution in [0.4, 0.5) is 5.69 Å². The Hall–Kier alpha value is -1.02. The van der Waals surface area contributed by atoms with E-state index in [-0.39, 0.29) is 6.61 Å². The molecule has 0 radical (unpaired) electrons. The SMILES string of the molecule is CCCCCCCCNc1ccccc1CO. The lowest BCUT2D eigenvalue weighted by atomic mass is 10.1. The molecule has 0 unspecified atom stereocenters. The predicted molar refractivity (Wildman–Crippen MR) is 74.2 cm³/mol. The van der Waals surface area contributed by atoms with Gasteiger partial charge in [-0.1, -0.05) is 57.2 Å². The highest BCUT2D eigenvalue weighted by Gasteiger charge is 1.98. The van der Waals surface area contributed by atoms with Crippen LogP contribution in [0.25, 0.3) is 0 Å². The molecule has 1 rings (SSSR count). The summed E-state index contributed by atoms with van der Waals surface area (Å²) in [6, 6.07) is 7.95. The van der Waals surface area contributed by atoms with Crippen molar-refractivity contribution in [3.63, 3.8) is 0 Å². The second-order valence-corrected chi connectivity index (χ2v) is 4.51. The summed E-state index contributed by atoms with van der Waals surface area (Å²) in [4.78, 5) is 0. The summed E-state index contributed by atoms with van der Waals surface area (Å²) >= 11 is 0. The average molecular weight is 235 g/mol. The zero-order chi connectivity index (χ0) is 12.3. The first-order valence-corrected chi connectivity index (χ1v) is 6.81. The standard InChI is InChI=1S/C15H25NO/c1-2-3-4-5-6-9-12-16-15-11-8-7-10-14(15)13-17/h7-8,10-11,16-17H,2-6,9,12-13H2,1H3. The molecular weight excluding hydrogens is 210 g/mol. The molecule has 0 aliphatic heterocycles. The molecule has 96 valence electrons. The quantitative estimate of drug-likeness (QED) is 0.635. The van der Waals surface area contributed by atoms with Gasteiger partial charge in [-0.05, 0) is 12.5 Å². The maximum Gasteiger partial charge on any atom is 0.0701 e. The van der Waals surface area contributed by atoms with Gasteiger partial charge in [0, 0.05) is 17.8 Å². The van der Waals surface area contributed by atoms with Crippen LogP contribution in [0.3, 0.4) is 0 Å². The van der Waals surface area contributed by atoms with Crippen molar-refractivity contribution in [2.75, 3.05) is 11.9 Å². The maximum atomic E-state index is 9.18. The third-order valence-corrected chi connectivity index (χ3v) is 3.03. The molecule has 0 amide bonds. The minimum atomic E-state index is 0.111. The highest BCUT2D eigenvalue weighted by Crippen LogP contribution is 2.15. The lowest BCUT2D eigenvalue weighted by Gasteiger charge is -2.10. The first-order valence-electron chi connectivity index (χ1n) is 6.81. The Labute approximate surface area is 105 Å². The molecule has 0 saturated heterocycles. The number of hydrogen-bond donors (Lipinski definition) is 2. The third kappa shape index (κ3) is 5.73. The summed E-state index contributed by atoms with van der Waals surface area (Å²) < 4.78 is 0.